The van der Waals surface area contributed by atoms with Crippen molar-refractivity contribution in [3.8, 4) is 0 Å². The smallest absolute Gasteiger partial charge is 0.328 e. The number of Topliss-reactive ketones (excluding diaryl/α,β-unsaturated/α-hetero) is 1. The molecule has 0 rings (SSSR count). The number of ketones is 1. The SMILES string of the molecule is O=C(O)C=CC(C=CC(=O)O)(C=CC(=O)O)C(=O)C(CO)(CO)CO. The third-order valence-electron chi connectivity index (χ3n) is 3.29. The first-order valence-corrected chi connectivity index (χ1v) is 6.73. The predicted molar refractivity (Wildman–Crippen MR) is 81.5 cm³/mol. The summed E-state index contributed by atoms with van der Waals surface area (Å²) in [6.07, 6.45) is 3.46. The van der Waals surface area contributed by atoms with Crippen molar-refractivity contribution in [2.45, 2.75) is 0 Å². The van der Waals surface area contributed by atoms with E-state index in [1.165, 1.54) is 0 Å². The molecule has 0 aliphatic carbocycles. The minimum Gasteiger partial charge on any atom is -0.478 e. The van der Waals surface area contributed by atoms with Gasteiger partial charge in [-0.15, -0.1) is 0 Å². The lowest BCUT2D eigenvalue weighted by molar-refractivity contribution is -0.141. The van der Waals surface area contributed by atoms with Crippen molar-refractivity contribution in [3.05, 3.63) is 36.5 Å². The molecule has 25 heavy (non-hydrogen) atoms. The molecule has 10 heteroatoms. The van der Waals surface area contributed by atoms with Crippen molar-refractivity contribution >= 4 is 23.7 Å². The van der Waals surface area contributed by atoms with Crippen LogP contribution in [0.4, 0.5) is 0 Å². The molecule has 0 aliphatic heterocycles. The molecular weight excluding hydrogens is 340 g/mol. The minimum absolute atomic E-state index is 0.465. The van der Waals surface area contributed by atoms with Gasteiger partial charge in [-0.25, -0.2) is 14.4 Å². The topological polar surface area (TPSA) is 190 Å². The summed E-state index contributed by atoms with van der Waals surface area (Å²) in [5.41, 5.74) is -4.43. The van der Waals surface area contributed by atoms with Crippen LogP contribution in [0.1, 0.15) is 0 Å². The van der Waals surface area contributed by atoms with Gasteiger partial charge in [0.2, 0.25) is 0 Å². The van der Waals surface area contributed by atoms with E-state index in [9.17, 15) is 34.5 Å². The number of carbonyl (C=O) groups excluding carboxylic acids is 1. The number of rotatable bonds is 11. The quantitative estimate of drug-likeness (QED) is 0.235. The summed E-state index contributed by atoms with van der Waals surface area (Å²) in [5.74, 6) is -5.76. The van der Waals surface area contributed by atoms with Gasteiger partial charge in [-0.1, -0.05) is 18.2 Å². The Labute approximate surface area is 141 Å². The van der Waals surface area contributed by atoms with Crippen molar-refractivity contribution in [1.82, 2.24) is 0 Å². The van der Waals surface area contributed by atoms with Crippen LogP contribution in [0.2, 0.25) is 0 Å². The van der Waals surface area contributed by atoms with Crippen LogP contribution in [0.3, 0.4) is 0 Å². The maximum absolute atomic E-state index is 12.8. The Hall–Kier alpha value is -2.82. The van der Waals surface area contributed by atoms with Crippen molar-refractivity contribution < 1.29 is 49.8 Å². The van der Waals surface area contributed by atoms with Crippen LogP contribution >= 0.6 is 0 Å². The maximum atomic E-state index is 12.8. The highest BCUT2D eigenvalue weighted by molar-refractivity contribution is 5.99. The molecule has 0 amide bonds. The fourth-order valence-electron chi connectivity index (χ4n) is 1.85. The molecule has 0 heterocycles. The Balaban J connectivity index is 6.58. The van der Waals surface area contributed by atoms with Crippen LogP contribution < -0.4 is 0 Å². The average Bonchev–Trinajstić information content (AvgIpc) is 2.56. The lowest BCUT2D eigenvalue weighted by Crippen LogP contribution is -2.49. The number of allylic oxidation sites excluding steroid dienone is 3. The van der Waals surface area contributed by atoms with E-state index in [-0.39, 0.29) is 0 Å². The number of carboxylic acids is 3. The fraction of sp³-hybridized carbons (Fsp3) is 0.333. The van der Waals surface area contributed by atoms with Crippen molar-refractivity contribution in [2.24, 2.45) is 10.8 Å². The first-order chi connectivity index (χ1) is 11.6. The average molecular weight is 358 g/mol. The molecule has 0 spiro atoms. The van der Waals surface area contributed by atoms with Gasteiger partial charge in [0, 0.05) is 18.2 Å². The van der Waals surface area contributed by atoms with E-state index in [2.05, 4.69) is 0 Å². The molecule has 0 aromatic heterocycles. The lowest BCUT2D eigenvalue weighted by atomic mass is 9.69. The Bertz CT molecular complexity index is 542. The number of carboxylic acid groups (broad SMARTS) is 3. The molecule has 0 saturated heterocycles. The zero-order chi connectivity index (χ0) is 19.7. The van der Waals surface area contributed by atoms with Gasteiger partial charge in [0.25, 0.3) is 0 Å². The standard InChI is InChI=1S/C15H18O10/c16-7-15(8-17,9-18)13(25)14(4-1-10(19)20,5-2-11(21)22)6-3-12(23)24/h1-6,16-18H,7-9H2,(H,19,20)(H,21,22)(H,23,24). The third kappa shape index (κ3) is 5.95. The number of hydrogen-bond acceptors (Lipinski definition) is 7. The molecule has 6 N–H and O–H groups in total. The summed E-state index contributed by atoms with van der Waals surface area (Å²) < 4.78 is 0. The highest BCUT2D eigenvalue weighted by Gasteiger charge is 2.46. The van der Waals surface area contributed by atoms with Gasteiger partial charge < -0.3 is 30.6 Å². The number of aliphatic hydroxyl groups excluding tert-OH is 3. The molecule has 0 aliphatic rings. The van der Waals surface area contributed by atoms with Crippen molar-refractivity contribution in [1.29, 1.82) is 0 Å². The molecule has 138 valence electrons. The van der Waals surface area contributed by atoms with E-state index in [1.807, 2.05) is 0 Å². The number of aliphatic carboxylic acids is 3. The second kappa shape index (κ2) is 9.47. The van der Waals surface area contributed by atoms with E-state index in [4.69, 9.17) is 15.3 Å². The molecule has 0 bridgehead atoms. The molecule has 0 saturated carbocycles. The van der Waals surface area contributed by atoms with E-state index in [0.29, 0.717) is 36.5 Å². The second-order valence-electron chi connectivity index (χ2n) is 5.03. The van der Waals surface area contributed by atoms with E-state index in [1.54, 1.807) is 0 Å². The predicted octanol–water partition coefficient (Wildman–Crippen LogP) is -1.57. The van der Waals surface area contributed by atoms with Gasteiger partial charge in [0.15, 0.2) is 5.78 Å². The Kier molecular flexibility index (Phi) is 8.40. The number of aliphatic hydroxyl groups is 3. The summed E-state index contributed by atoms with van der Waals surface area (Å²) in [7, 11) is 0. The number of carbonyl (C=O) groups is 4. The Morgan fingerprint density at radius 2 is 0.920 bits per heavy atom. The first kappa shape index (κ1) is 22.2. The monoisotopic (exact) mass is 358 g/mol. The summed E-state index contributed by atoms with van der Waals surface area (Å²) in [6, 6.07) is 0. The van der Waals surface area contributed by atoms with Crippen LogP contribution in [0.15, 0.2) is 36.5 Å². The minimum atomic E-state index is -2.26. The molecule has 0 fully saturated rings. The summed E-state index contributed by atoms with van der Waals surface area (Å²) in [6.45, 7) is -3.16. The zero-order valence-corrected chi connectivity index (χ0v) is 12.9. The highest BCUT2D eigenvalue weighted by Crippen LogP contribution is 2.34. The van der Waals surface area contributed by atoms with Crippen LogP contribution in [0, 0.1) is 10.8 Å². The third-order valence-corrected chi connectivity index (χ3v) is 3.29. The second-order valence-corrected chi connectivity index (χ2v) is 5.03. The largest absolute Gasteiger partial charge is 0.478 e. The first-order valence-electron chi connectivity index (χ1n) is 6.73. The molecule has 0 unspecified atom stereocenters. The molecular formula is C15H18O10. The van der Waals surface area contributed by atoms with Crippen LogP contribution in [0.5, 0.6) is 0 Å². The Morgan fingerprint density at radius 3 is 1.12 bits per heavy atom. The summed E-state index contributed by atoms with van der Waals surface area (Å²) in [5, 5.41) is 54.4. The summed E-state index contributed by atoms with van der Waals surface area (Å²) in [4.78, 5) is 45.1. The van der Waals surface area contributed by atoms with Crippen molar-refractivity contribution in [3.63, 3.8) is 0 Å². The van der Waals surface area contributed by atoms with Crippen LogP contribution in [0.25, 0.3) is 0 Å². The van der Waals surface area contributed by atoms with Gasteiger partial charge in [-0.2, -0.15) is 0 Å². The van der Waals surface area contributed by atoms with Gasteiger partial charge in [-0.3, -0.25) is 4.79 Å². The normalized spacial score (nSPS) is 14.8. The van der Waals surface area contributed by atoms with Crippen molar-refractivity contribution in [2.75, 3.05) is 19.8 Å². The fourth-order valence-corrected chi connectivity index (χ4v) is 1.85. The van der Waals surface area contributed by atoms with E-state index in [0.717, 1.165) is 0 Å². The van der Waals surface area contributed by atoms with Crippen LogP contribution in [-0.2, 0) is 19.2 Å². The van der Waals surface area contributed by atoms with Gasteiger partial charge in [-0.05, 0) is 0 Å². The van der Waals surface area contributed by atoms with Gasteiger partial charge in [0.1, 0.15) is 0 Å². The molecule has 0 aromatic rings. The summed E-state index contributed by atoms with van der Waals surface area (Å²) >= 11 is 0. The Morgan fingerprint density at radius 1 is 0.640 bits per heavy atom. The molecule has 0 radical (unpaired) electrons. The molecule has 0 atom stereocenters. The van der Waals surface area contributed by atoms with Crippen LogP contribution in [-0.4, -0.2) is 74.2 Å². The van der Waals surface area contributed by atoms with Gasteiger partial charge in [0.05, 0.1) is 30.7 Å². The maximum Gasteiger partial charge on any atom is 0.328 e. The highest BCUT2D eigenvalue weighted by atomic mass is 16.4. The van der Waals surface area contributed by atoms with E-state index < -0.39 is 54.3 Å². The number of hydrogen-bond donors (Lipinski definition) is 6. The zero-order valence-electron chi connectivity index (χ0n) is 12.9. The molecule has 0 aromatic carbocycles. The molecule has 10 nitrogen and oxygen atoms in total. The van der Waals surface area contributed by atoms with E-state index >= 15 is 0 Å². The lowest BCUT2D eigenvalue weighted by Gasteiger charge is -2.34. The van der Waals surface area contributed by atoms with Gasteiger partial charge >= 0.3 is 17.9 Å².